The Labute approximate surface area is 82.0 Å². The third-order valence-electron chi connectivity index (χ3n) is 2.39. The first-order chi connectivity index (χ1) is 6.93. The minimum absolute atomic E-state index is 1.12. The highest BCUT2D eigenvalue weighted by molar-refractivity contribution is 5.96. The number of hydrogen-bond acceptors (Lipinski definition) is 1. The highest BCUT2D eigenvalue weighted by Gasteiger charge is 1.96. The summed E-state index contributed by atoms with van der Waals surface area (Å²) in [7, 11) is 0. The zero-order valence-electron chi connectivity index (χ0n) is 7.57. The van der Waals surface area contributed by atoms with Gasteiger partial charge < -0.3 is 0 Å². The van der Waals surface area contributed by atoms with Gasteiger partial charge in [-0.2, -0.15) is 0 Å². The van der Waals surface area contributed by atoms with E-state index in [4.69, 9.17) is 0 Å². The van der Waals surface area contributed by atoms with Gasteiger partial charge in [0.2, 0.25) is 0 Å². The van der Waals surface area contributed by atoms with Gasteiger partial charge in [0.25, 0.3) is 0 Å². The SMILES string of the molecule is [c]1c2ccccc2cc2cnccc12. The van der Waals surface area contributed by atoms with Gasteiger partial charge in [0, 0.05) is 17.8 Å². The molecule has 1 aromatic heterocycles. The van der Waals surface area contributed by atoms with Crippen LogP contribution in [0.25, 0.3) is 21.5 Å². The molecule has 0 saturated carbocycles. The Bertz CT molecular complexity index is 494. The summed E-state index contributed by atoms with van der Waals surface area (Å²) >= 11 is 0. The zero-order chi connectivity index (χ0) is 9.38. The van der Waals surface area contributed by atoms with Crippen LogP contribution in [-0.4, -0.2) is 4.98 Å². The summed E-state index contributed by atoms with van der Waals surface area (Å²) in [6, 6.07) is 15.8. The molecule has 0 N–H and O–H groups in total. The number of nitrogens with zero attached hydrogens (tertiary/aromatic N) is 1. The third-order valence-corrected chi connectivity index (χ3v) is 2.39. The van der Waals surface area contributed by atoms with Crippen molar-refractivity contribution in [1.29, 1.82) is 0 Å². The van der Waals surface area contributed by atoms with Gasteiger partial charge in [0.05, 0.1) is 0 Å². The smallest absolute Gasteiger partial charge is 0.0346 e. The van der Waals surface area contributed by atoms with Crippen molar-refractivity contribution in [3.05, 3.63) is 54.9 Å². The lowest BCUT2D eigenvalue weighted by atomic mass is 10.1. The number of rotatable bonds is 0. The van der Waals surface area contributed by atoms with Crippen LogP contribution in [0, 0.1) is 6.07 Å². The van der Waals surface area contributed by atoms with Crippen LogP contribution in [0.2, 0.25) is 0 Å². The van der Waals surface area contributed by atoms with Gasteiger partial charge in [0.15, 0.2) is 0 Å². The molecule has 65 valence electrons. The summed E-state index contributed by atoms with van der Waals surface area (Å²) in [6.07, 6.45) is 3.67. The molecule has 0 aliphatic rings. The maximum atomic E-state index is 4.10. The van der Waals surface area contributed by atoms with Crippen molar-refractivity contribution in [1.82, 2.24) is 4.98 Å². The van der Waals surface area contributed by atoms with E-state index in [1.807, 2.05) is 24.4 Å². The molecule has 1 heteroatoms. The molecule has 0 atom stereocenters. The summed E-state index contributed by atoms with van der Waals surface area (Å²) in [5.74, 6) is 0. The van der Waals surface area contributed by atoms with E-state index in [2.05, 4.69) is 29.2 Å². The number of pyridine rings is 1. The number of hydrogen-bond donors (Lipinski definition) is 0. The summed E-state index contributed by atoms with van der Waals surface area (Å²) in [6.45, 7) is 0. The largest absolute Gasteiger partial charge is 0.264 e. The predicted molar refractivity (Wildman–Crippen MR) is 58.1 cm³/mol. The average Bonchev–Trinajstić information content (AvgIpc) is 2.26. The zero-order valence-corrected chi connectivity index (χ0v) is 7.57. The van der Waals surface area contributed by atoms with E-state index in [0.717, 1.165) is 16.2 Å². The van der Waals surface area contributed by atoms with Gasteiger partial charge in [-0.25, -0.2) is 0 Å². The lowest BCUT2D eigenvalue weighted by Gasteiger charge is -1.99. The van der Waals surface area contributed by atoms with E-state index >= 15 is 0 Å². The molecule has 0 fully saturated rings. The fourth-order valence-electron chi connectivity index (χ4n) is 1.68. The Morgan fingerprint density at radius 1 is 0.929 bits per heavy atom. The Balaban J connectivity index is 2.52. The van der Waals surface area contributed by atoms with Crippen molar-refractivity contribution in [3.63, 3.8) is 0 Å². The predicted octanol–water partition coefficient (Wildman–Crippen LogP) is 3.19. The first-order valence-electron chi connectivity index (χ1n) is 4.58. The van der Waals surface area contributed by atoms with Crippen LogP contribution >= 0.6 is 0 Å². The normalized spacial score (nSPS) is 10.9. The first-order valence-corrected chi connectivity index (χ1v) is 4.58. The van der Waals surface area contributed by atoms with Gasteiger partial charge in [-0.3, -0.25) is 4.98 Å². The quantitative estimate of drug-likeness (QED) is 0.482. The third kappa shape index (κ3) is 1.06. The molecule has 0 aliphatic heterocycles. The molecule has 0 spiro atoms. The van der Waals surface area contributed by atoms with E-state index < -0.39 is 0 Å². The molecule has 0 saturated heterocycles. The van der Waals surface area contributed by atoms with Crippen molar-refractivity contribution in [3.8, 4) is 0 Å². The maximum Gasteiger partial charge on any atom is 0.0346 e. The van der Waals surface area contributed by atoms with Gasteiger partial charge >= 0.3 is 0 Å². The Morgan fingerprint density at radius 2 is 1.79 bits per heavy atom. The van der Waals surface area contributed by atoms with Crippen molar-refractivity contribution >= 4 is 21.5 Å². The van der Waals surface area contributed by atoms with Gasteiger partial charge in [-0.05, 0) is 34.4 Å². The topological polar surface area (TPSA) is 12.9 Å². The van der Waals surface area contributed by atoms with Crippen LogP contribution in [0.15, 0.2) is 48.8 Å². The number of aromatic nitrogens is 1. The first kappa shape index (κ1) is 7.51. The van der Waals surface area contributed by atoms with Gasteiger partial charge in [-0.15, -0.1) is 0 Å². The monoisotopic (exact) mass is 178 g/mol. The molecular weight excluding hydrogens is 170 g/mol. The van der Waals surface area contributed by atoms with Crippen LogP contribution in [0.1, 0.15) is 0 Å². The molecule has 3 rings (SSSR count). The summed E-state index contributed by atoms with van der Waals surface area (Å²) < 4.78 is 0. The van der Waals surface area contributed by atoms with E-state index in [1.54, 1.807) is 6.20 Å². The second-order valence-corrected chi connectivity index (χ2v) is 3.32. The highest BCUT2D eigenvalue weighted by atomic mass is 14.6. The summed E-state index contributed by atoms with van der Waals surface area (Å²) in [5.41, 5.74) is 0. The number of benzene rings is 2. The Kier molecular flexibility index (Phi) is 1.51. The molecule has 1 radical (unpaired) electrons. The minimum atomic E-state index is 1.12. The highest BCUT2D eigenvalue weighted by Crippen LogP contribution is 2.20. The molecule has 0 aliphatic carbocycles. The second kappa shape index (κ2) is 2.81. The fraction of sp³-hybridized carbons (Fsp3) is 0. The standard InChI is InChI=1S/C13H8N/c1-2-4-11-8-13-9-14-6-5-12(13)7-10(11)3-1/h1-6,8-9H. The molecule has 14 heavy (non-hydrogen) atoms. The van der Waals surface area contributed by atoms with Crippen LogP contribution < -0.4 is 0 Å². The molecule has 0 amide bonds. The molecule has 2 aromatic carbocycles. The summed E-state index contributed by atoms with van der Waals surface area (Å²) in [5, 5.41) is 4.64. The van der Waals surface area contributed by atoms with E-state index in [1.165, 1.54) is 5.39 Å². The van der Waals surface area contributed by atoms with Crippen molar-refractivity contribution < 1.29 is 0 Å². The van der Waals surface area contributed by atoms with Crippen LogP contribution in [0.3, 0.4) is 0 Å². The van der Waals surface area contributed by atoms with E-state index in [9.17, 15) is 0 Å². The van der Waals surface area contributed by atoms with Crippen molar-refractivity contribution in [2.75, 3.05) is 0 Å². The van der Waals surface area contributed by atoms with E-state index in [0.29, 0.717) is 0 Å². The molecular formula is C13H8N. The molecule has 1 heterocycles. The van der Waals surface area contributed by atoms with Gasteiger partial charge in [0.1, 0.15) is 0 Å². The Morgan fingerprint density at radius 3 is 2.79 bits per heavy atom. The van der Waals surface area contributed by atoms with Gasteiger partial charge in [-0.1, -0.05) is 24.3 Å². The fourth-order valence-corrected chi connectivity index (χ4v) is 1.68. The number of fused-ring (bicyclic) bond motifs is 2. The maximum absolute atomic E-state index is 4.10. The Hall–Kier alpha value is -1.89. The second-order valence-electron chi connectivity index (χ2n) is 3.32. The van der Waals surface area contributed by atoms with Crippen LogP contribution in [0.4, 0.5) is 0 Å². The van der Waals surface area contributed by atoms with Crippen LogP contribution in [0.5, 0.6) is 0 Å². The molecule has 1 nitrogen and oxygen atoms in total. The lowest BCUT2D eigenvalue weighted by Crippen LogP contribution is -1.77. The molecule has 0 unspecified atom stereocenters. The van der Waals surface area contributed by atoms with E-state index in [-0.39, 0.29) is 0 Å². The molecule has 3 aromatic rings. The van der Waals surface area contributed by atoms with Crippen molar-refractivity contribution in [2.45, 2.75) is 0 Å². The van der Waals surface area contributed by atoms with Crippen molar-refractivity contribution in [2.24, 2.45) is 0 Å². The lowest BCUT2D eigenvalue weighted by molar-refractivity contribution is 1.37. The molecule has 0 bridgehead atoms. The van der Waals surface area contributed by atoms with Crippen LogP contribution in [-0.2, 0) is 0 Å². The minimum Gasteiger partial charge on any atom is -0.264 e. The summed E-state index contributed by atoms with van der Waals surface area (Å²) in [4.78, 5) is 4.10. The average molecular weight is 178 g/mol.